The van der Waals surface area contributed by atoms with Crippen molar-refractivity contribution < 1.29 is 33.4 Å². The number of hydrazine groups is 1. The van der Waals surface area contributed by atoms with Gasteiger partial charge in [-0.15, -0.1) is 6.42 Å². The number of pyridine rings is 1. The molecule has 0 saturated carbocycles. The van der Waals surface area contributed by atoms with Crippen LogP contribution in [0.1, 0.15) is 83.7 Å². The smallest absolute Gasteiger partial charge is 0.298 e. The molecule has 6 rings (SSSR count). The van der Waals surface area contributed by atoms with Gasteiger partial charge in [0.25, 0.3) is 18.3 Å². The summed E-state index contributed by atoms with van der Waals surface area (Å²) in [5.74, 6) is -0.0203. The third-order valence-electron chi connectivity index (χ3n) is 12.8. The first-order valence-electron chi connectivity index (χ1n) is 22.8. The Morgan fingerprint density at radius 1 is 1.06 bits per heavy atom. The van der Waals surface area contributed by atoms with Crippen LogP contribution in [0, 0.1) is 29.6 Å². The van der Waals surface area contributed by atoms with Gasteiger partial charge < -0.3 is 29.2 Å². The lowest BCUT2D eigenvalue weighted by atomic mass is 9.84. The minimum Gasteiger partial charge on any atom is -0.467 e. The third-order valence-corrected chi connectivity index (χ3v) is 12.8. The van der Waals surface area contributed by atoms with E-state index in [0.29, 0.717) is 45.5 Å². The molecule has 2 fully saturated rings. The SMILES string of the molecule is C#CC(=O)N1CC[C@H](C(=O)N(C)C(C(=O)NC(Cc2cccc(-c3ccc4c(c3)c(CC(C)(C)COC=O)c(-c3cccnc3C(C)OC)n4CC)c2)C(=O)N2CCCCN2)C(C)C)C1. The number of fused-ring (bicyclic) bond motifs is 1. The van der Waals surface area contributed by atoms with E-state index in [2.05, 4.69) is 72.3 Å². The summed E-state index contributed by atoms with van der Waals surface area (Å²) in [7, 11) is 3.29. The first kappa shape index (κ1) is 48.4. The number of methoxy groups -OCH3 is 1. The van der Waals surface area contributed by atoms with Gasteiger partial charge in [0.15, 0.2) is 0 Å². The molecule has 14 heteroatoms. The summed E-state index contributed by atoms with van der Waals surface area (Å²) >= 11 is 0. The van der Waals surface area contributed by atoms with Crippen LogP contribution < -0.4 is 10.7 Å². The van der Waals surface area contributed by atoms with Gasteiger partial charge in [-0.3, -0.25) is 34.0 Å². The molecule has 4 atom stereocenters. The van der Waals surface area contributed by atoms with Gasteiger partial charge in [-0.05, 0) is 97.9 Å². The highest BCUT2D eigenvalue weighted by molar-refractivity contribution is 5.96. The molecule has 2 aliphatic rings. The second-order valence-electron chi connectivity index (χ2n) is 18.5. The van der Waals surface area contributed by atoms with Gasteiger partial charge in [0, 0.05) is 81.4 Å². The second-order valence-corrected chi connectivity index (χ2v) is 18.5. The highest BCUT2D eigenvalue weighted by Gasteiger charge is 2.39. The lowest BCUT2D eigenvalue weighted by Crippen LogP contribution is -2.59. The number of hydrogen-bond donors (Lipinski definition) is 2. The molecule has 0 radical (unpaired) electrons. The van der Waals surface area contributed by atoms with E-state index in [-0.39, 0.29) is 43.4 Å². The number of amides is 4. The van der Waals surface area contributed by atoms with Crippen LogP contribution in [0.15, 0.2) is 60.8 Å². The Labute approximate surface area is 383 Å². The number of aromatic nitrogens is 2. The molecule has 2 N–H and O–H groups in total. The average molecular weight is 888 g/mol. The summed E-state index contributed by atoms with van der Waals surface area (Å²) in [6, 6.07) is 16.7. The number of carbonyl (C=O) groups is 5. The Bertz CT molecular complexity index is 2410. The molecule has 2 saturated heterocycles. The van der Waals surface area contributed by atoms with E-state index < -0.39 is 35.2 Å². The number of likely N-dealkylation sites (tertiary alicyclic amines) is 1. The number of nitrogens with zero attached hydrogens (tertiary/aromatic N) is 5. The molecule has 0 spiro atoms. The number of aryl methyl sites for hydroxylation is 1. The van der Waals surface area contributed by atoms with Crippen molar-refractivity contribution in [3.8, 4) is 34.7 Å². The second kappa shape index (κ2) is 21.3. The van der Waals surface area contributed by atoms with Crippen LogP contribution in [0.5, 0.6) is 0 Å². The van der Waals surface area contributed by atoms with Crippen LogP contribution >= 0.6 is 0 Å². The Balaban J connectivity index is 1.35. The highest BCUT2D eigenvalue weighted by Crippen LogP contribution is 2.42. The summed E-state index contributed by atoms with van der Waals surface area (Å²) in [6.07, 6.45) is 9.91. The number of nitrogens with one attached hydrogen (secondary N) is 2. The molecule has 4 aromatic rings. The van der Waals surface area contributed by atoms with Crippen molar-refractivity contribution in [3.05, 3.63) is 77.6 Å². The van der Waals surface area contributed by atoms with Crippen molar-refractivity contribution >= 4 is 41.0 Å². The van der Waals surface area contributed by atoms with Crippen molar-refractivity contribution in [2.45, 2.75) is 98.4 Å². The van der Waals surface area contributed by atoms with Crippen molar-refractivity contribution in [3.63, 3.8) is 0 Å². The quantitative estimate of drug-likeness (QED) is 0.0911. The van der Waals surface area contributed by atoms with Crippen LogP contribution in [0.3, 0.4) is 0 Å². The van der Waals surface area contributed by atoms with Crippen molar-refractivity contribution in [2.75, 3.05) is 46.9 Å². The minimum atomic E-state index is -0.933. The lowest BCUT2D eigenvalue weighted by molar-refractivity contribution is -0.145. The fourth-order valence-corrected chi connectivity index (χ4v) is 9.48. The topological polar surface area (TPSA) is 155 Å². The molecule has 0 bridgehead atoms. The Hall–Kier alpha value is -6.04. The monoisotopic (exact) mass is 887 g/mol. The molecule has 14 nitrogen and oxygen atoms in total. The standard InChI is InChI=1S/C51H65N7O7/c1-10-44(60)56-25-21-38(30-56)49(62)55(8)46(33(3)4)48(61)54-42(50(63)58-24-13-12-23-53-58)27-35-16-14-17-36(26-35)37-19-20-43-40(28-37)41(29-51(6,7)31-65-32-59)47(57(43)11-2)39-18-15-22-52-45(39)34(5)64-9/h1,14-20,22,26,28,32-34,38,42,46,53H,11-13,21,23-25,27,29-31H2,2-9H3,(H,54,61)/t34?,38-,42?,46?/m0/s1. The highest BCUT2D eigenvalue weighted by atomic mass is 16.5. The molecule has 3 unspecified atom stereocenters. The van der Waals surface area contributed by atoms with Crippen LogP contribution in [0.25, 0.3) is 33.3 Å². The van der Waals surface area contributed by atoms with Gasteiger partial charge in [-0.1, -0.05) is 58.0 Å². The molecular weight excluding hydrogens is 823 g/mol. The number of likely N-dealkylation sites (N-methyl/N-ethyl adjacent to an activating group) is 1. The lowest BCUT2D eigenvalue weighted by Gasteiger charge is -2.35. The van der Waals surface area contributed by atoms with Crippen LogP contribution in [0.2, 0.25) is 0 Å². The molecule has 346 valence electrons. The Kier molecular flexibility index (Phi) is 15.9. The average Bonchev–Trinajstić information content (AvgIpc) is 3.93. The summed E-state index contributed by atoms with van der Waals surface area (Å²) in [4.78, 5) is 73.7. The molecular formula is C51H65N7O7. The fourth-order valence-electron chi connectivity index (χ4n) is 9.48. The van der Waals surface area contributed by atoms with Crippen molar-refractivity contribution in [1.82, 2.24) is 35.1 Å². The van der Waals surface area contributed by atoms with E-state index in [0.717, 1.165) is 62.9 Å². The van der Waals surface area contributed by atoms with E-state index in [1.165, 1.54) is 9.80 Å². The maximum Gasteiger partial charge on any atom is 0.298 e. The normalized spacial score (nSPS) is 16.8. The van der Waals surface area contributed by atoms with E-state index in [9.17, 15) is 24.0 Å². The van der Waals surface area contributed by atoms with Gasteiger partial charge in [-0.25, -0.2) is 5.43 Å². The summed E-state index contributed by atoms with van der Waals surface area (Å²) in [6.45, 7) is 15.2. The maximum absolute atomic E-state index is 14.4. The van der Waals surface area contributed by atoms with Crippen molar-refractivity contribution in [1.29, 1.82) is 0 Å². The largest absolute Gasteiger partial charge is 0.467 e. The molecule has 2 aliphatic heterocycles. The van der Waals surface area contributed by atoms with Crippen LogP contribution in [0.4, 0.5) is 0 Å². The Morgan fingerprint density at radius 2 is 1.83 bits per heavy atom. The van der Waals surface area contributed by atoms with Crippen LogP contribution in [-0.2, 0) is 52.8 Å². The Morgan fingerprint density at radius 3 is 2.51 bits per heavy atom. The molecule has 0 aliphatic carbocycles. The fraction of sp³-hybridized carbons (Fsp3) is 0.490. The molecule has 4 amide bonds. The van der Waals surface area contributed by atoms with E-state index in [1.54, 1.807) is 25.4 Å². The minimum absolute atomic E-state index is 0.198. The molecule has 65 heavy (non-hydrogen) atoms. The van der Waals surface area contributed by atoms with Crippen LogP contribution in [-0.4, -0.2) is 113 Å². The molecule has 4 heterocycles. The van der Waals surface area contributed by atoms with Gasteiger partial charge in [0.2, 0.25) is 11.8 Å². The maximum atomic E-state index is 14.4. The summed E-state index contributed by atoms with van der Waals surface area (Å²) in [5.41, 5.74) is 10.6. The zero-order chi connectivity index (χ0) is 47.0. The van der Waals surface area contributed by atoms with Gasteiger partial charge >= 0.3 is 0 Å². The zero-order valence-electron chi connectivity index (χ0n) is 39.2. The first-order chi connectivity index (χ1) is 31.1. The number of benzene rings is 2. The number of terminal acetylenes is 1. The predicted molar refractivity (Wildman–Crippen MR) is 251 cm³/mol. The number of ether oxygens (including phenoxy) is 2. The van der Waals surface area contributed by atoms with Gasteiger partial charge in [-0.2, -0.15) is 0 Å². The van der Waals surface area contributed by atoms with Crippen molar-refractivity contribution in [2.24, 2.45) is 17.3 Å². The summed E-state index contributed by atoms with van der Waals surface area (Å²) in [5, 5.41) is 5.74. The zero-order valence-corrected chi connectivity index (χ0v) is 39.2. The van der Waals surface area contributed by atoms with E-state index in [1.807, 2.05) is 45.0 Å². The van der Waals surface area contributed by atoms with E-state index in [4.69, 9.17) is 20.9 Å². The van der Waals surface area contributed by atoms with Gasteiger partial charge in [0.1, 0.15) is 12.1 Å². The van der Waals surface area contributed by atoms with E-state index >= 15 is 0 Å². The summed E-state index contributed by atoms with van der Waals surface area (Å²) < 4.78 is 13.4. The predicted octanol–water partition coefficient (Wildman–Crippen LogP) is 5.96. The molecule has 2 aromatic carbocycles. The number of hydrogen-bond acceptors (Lipinski definition) is 9. The number of carbonyl (C=O) groups excluding carboxylic acids is 5. The number of rotatable bonds is 18. The third kappa shape index (κ3) is 10.9. The molecule has 2 aromatic heterocycles. The van der Waals surface area contributed by atoms with Gasteiger partial charge in [0.05, 0.1) is 30.0 Å². The first-order valence-corrected chi connectivity index (χ1v) is 22.8.